The molecular weight excluding hydrogens is 319 g/mol. The molecule has 2 rings (SSSR count). The molecule has 1 atom stereocenters. The highest BCUT2D eigenvalue weighted by Gasteiger charge is 2.24. The van der Waals surface area contributed by atoms with Gasteiger partial charge in [0, 0.05) is 19.1 Å². The summed E-state index contributed by atoms with van der Waals surface area (Å²) in [5, 5.41) is 3.54. The van der Waals surface area contributed by atoms with Crippen molar-refractivity contribution in [3.8, 4) is 0 Å². The normalized spacial score (nSPS) is 19.9. The molecule has 0 aromatic heterocycles. The highest BCUT2D eigenvalue weighted by Crippen LogP contribution is 2.25. The van der Waals surface area contributed by atoms with Crippen LogP contribution >= 0.6 is 15.9 Å². The first-order chi connectivity index (χ1) is 9.58. The minimum absolute atomic E-state index is 0.170. The number of rotatable bonds is 6. The maximum absolute atomic E-state index is 13.6. The van der Waals surface area contributed by atoms with Crippen LogP contribution in [-0.2, 0) is 6.54 Å². The molecule has 1 aliphatic rings. The number of benzene rings is 1. The lowest BCUT2D eigenvalue weighted by atomic mass is 10.1. The summed E-state index contributed by atoms with van der Waals surface area (Å²) in [6.07, 6.45) is 2.47. The topological polar surface area (TPSA) is 15.3 Å². The molecule has 1 fully saturated rings. The van der Waals surface area contributed by atoms with Gasteiger partial charge in [-0.05, 0) is 59.4 Å². The average molecular weight is 343 g/mol. The van der Waals surface area contributed by atoms with Crippen LogP contribution in [0.5, 0.6) is 0 Å². The summed E-state index contributed by atoms with van der Waals surface area (Å²) < 4.78 is 14.2. The van der Waals surface area contributed by atoms with Gasteiger partial charge in [0.2, 0.25) is 0 Å². The summed E-state index contributed by atoms with van der Waals surface area (Å²) in [6.45, 7) is 8.48. The Morgan fingerprint density at radius 1 is 1.45 bits per heavy atom. The molecule has 20 heavy (non-hydrogen) atoms. The van der Waals surface area contributed by atoms with Crippen LogP contribution in [0, 0.1) is 11.7 Å². The molecule has 1 aliphatic heterocycles. The van der Waals surface area contributed by atoms with E-state index in [-0.39, 0.29) is 5.82 Å². The SMILES string of the molecule is CC(C)CNCC1CCCN1Cc1cccc(F)c1Br. The molecule has 1 aromatic rings. The van der Waals surface area contributed by atoms with Crippen LogP contribution in [0.1, 0.15) is 32.3 Å². The predicted molar refractivity (Wildman–Crippen MR) is 85.2 cm³/mol. The van der Waals surface area contributed by atoms with Crippen LogP contribution in [0.15, 0.2) is 22.7 Å². The Bertz CT molecular complexity index is 436. The van der Waals surface area contributed by atoms with Gasteiger partial charge in [-0.1, -0.05) is 26.0 Å². The summed E-state index contributed by atoms with van der Waals surface area (Å²) in [5.41, 5.74) is 1.04. The fraction of sp³-hybridized carbons (Fsp3) is 0.625. The van der Waals surface area contributed by atoms with E-state index in [1.54, 1.807) is 6.07 Å². The molecule has 0 amide bonds. The molecule has 0 spiro atoms. The van der Waals surface area contributed by atoms with E-state index in [0.29, 0.717) is 16.4 Å². The van der Waals surface area contributed by atoms with Crippen molar-refractivity contribution >= 4 is 15.9 Å². The van der Waals surface area contributed by atoms with Crippen molar-refractivity contribution in [2.75, 3.05) is 19.6 Å². The highest BCUT2D eigenvalue weighted by molar-refractivity contribution is 9.10. The molecule has 0 bridgehead atoms. The minimum Gasteiger partial charge on any atom is -0.315 e. The molecule has 4 heteroatoms. The Morgan fingerprint density at radius 3 is 3.00 bits per heavy atom. The number of nitrogens with zero attached hydrogens (tertiary/aromatic N) is 1. The minimum atomic E-state index is -0.170. The maximum atomic E-state index is 13.6. The fourth-order valence-corrected chi connectivity index (χ4v) is 3.15. The number of nitrogens with one attached hydrogen (secondary N) is 1. The van der Waals surface area contributed by atoms with E-state index in [0.717, 1.165) is 31.7 Å². The zero-order chi connectivity index (χ0) is 14.5. The summed E-state index contributed by atoms with van der Waals surface area (Å²) in [5.74, 6) is 0.512. The monoisotopic (exact) mass is 342 g/mol. The van der Waals surface area contributed by atoms with Crippen LogP contribution in [0.4, 0.5) is 4.39 Å². The molecule has 0 radical (unpaired) electrons. The van der Waals surface area contributed by atoms with E-state index in [1.807, 2.05) is 6.07 Å². The number of halogens is 2. The van der Waals surface area contributed by atoms with Gasteiger partial charge < -0.3 is 5.32 Å². The van der Waals surface area contributed by atoms with Gasteiger partial charge in [0.1, 0.15) is 5.82 Å². The summed E-state index contributed by atoms with van der Waals surface area (Å²) in [6, 6.07) is 5.87. The van der Waals surface area contributed by atoms with Crippen molar-refractivity contribution in [1.29, 1.82) is 0 Å². The molecule has 1 aromatic carbocycles. The molecule has 0 saturated carbocycles. The highest BCUT2D eigenvalue weighted by atomic mass is 79.9. The molecule has 0 aliphatic carbocycles. The van der Waals surface area contributed by atoms with Crippen LogP contribution < -0.4 is 5.32 Å². The first-order valence-electron chi connectivity index (χ1n) is 7.45. The van der Waals surface area contributed by atoms with Crippen LogP contribution in [0.2, 0.25) is 0 Å². The average Bonchev–Trinajstić information content (AvgIpc) is 2.82. The second-order valence-corrected chi connectivity index (χ2v) is 6.82. The van der Waals surface area contributed by atoms with Gasteiger partial charge in [-0.2, -0.15) is 0 Å². The van der Waals surface area contributed by atoms with Crippen molar-refractivity contribution in [3.63, 3.8) is 0 Å². The number of hydrogen-bond acceptors (Lipinski definition) is 2. The Morgan fingerprint density at radius 2 is 2.25 bits per heavy atom. The van der Waals surface area contributed by atoms with Crippen LogP contribution in [0.3, 0.4) is 0 Å². The van der Waals surface area contributed by atoms with E-state index in [2.05, 4.69) is 40.0 Å². The second-order valence-electron chi connectivity index (χ2n) is 6.03. The van der Waals surface area contributed by atoms with Gasteiger partial charge in [0.15, 0.2) is 0 Å². The summed E-state index contributed by atoms with van der Waals surface area (Å²) in [4.78, 5) is 2.47. The Balaban J connectivity index is 1.92. The van der Waals surface area contributed by atoms with Crippen LogP contribution in [0.25, 0.3) is 0 Å². The summed E-state index contributed by atoms with van der Waals surface area (Å²) >= 11 is 3.36. The van der Waals surface area contributed by atoms with Crippen LogP contribution in [-0.4, -0.2) is 30.6 Å². The maximum Gasteiger partial charge on any atom is 0.137 e. The van der Waals surface area contributed by atoms with Crippen molar-refractivity contribution in [2.45, 2.75) is 39.3 Å². The molecule has 2 nitrogen and oxygen atoms in total. The summed E-state index contributed by atoms with van der Waals surface area (Å²) in [7, 11) is 0. The Hall–Kier alpha value is -0.450. The van der Waals surface area contributed by atoms with Gasteiger partial charge >= 0.3 is 0 Å². The van der Waals surface area contributed by atoms with E-state index >= 15 is 0 Å². The fourth-order valence-electron chi connectivity index (χ4n) is 2.76. The zero-order valence-corrected chi connectivity index (χ0v) is 13.9. The lowest BCUT2D eigenvalue weighted by Crippen LogP contribution is -2.38. The lowest BCUT2D eigenvalue weighted by Gasteiger charge is -2.25. The van der Waals surface area contributed by atoms with Gasteiger partial charge in [0.05, 0.1) is 4.47 Å². The molecular formula is C16H24BrFN2. The van der Waals surface area contributed by atoms with E-state index in [1.165, 1.54) is 18.9 Å². The Kier molecular flexibility index (Phi) is 6.00. The molecule has 1 N–H and O–H groups in total. The zero-order valence-electron chi connectivity index (χ0n) is 12.3. The number of hydrogen-bond donors (Lipinski definition) is 1. The molecule has 1 heterocycles. The van der Waals surface area contributed by atoms with Crippen molar-refractivity contribution < 1.29 is 4.39 Å². The van der Waals surface area contributed by atoms with Crippen molar-refractivity contribution in [3.05, 3.63) is 34.1 Å². The molecule has 1 unspecified atom stereocenters. The van der Waals surface area contributed by atoms with Gasteiger partial charge in [-0.15, -0.1) is 0 Å². The molecule has 1 saturated heterocycles. The van der Waals surface area contributed by atoms with Gasteiger partial charge in [0.25, 0.3) is 0 Å². The first-order valence-corrected chi connectivity index (χ1v) is 8.25. The van der Waals surface area contributed by atoms with Gasteiger partial charge in [-0.3, -0.25) is 4.90 Å². The lowest BCUT2D eigenvalue weighted by molar-refractivity contribution is 0.237. The van der Waals surface area contributed by atoms with Crippen molar-refractivity contribution in [1.82, 2.24) is 10.2 Å². The second kappa shape index (κ2) is 7.53. The van der Waals surface area contributed by atoms with E-state index in [4.69, 9.17) is 0 Å². The largest absolute Gasteiger partial charge is 0.315 e. The third kappa shape index (κ3) is 4.27. The predicted octanol–water partition coefficient (Wildman–Crippen LogP) is 3.80. The Labute approximate surface area is 129 Å². The first kappa shape index (κ1) is 15.9. The van der Waals surface area contributed by atoms with Crippen molar-refractivity contribution in [2.24, 2.45) is 5.92 Å². The van der Waals surface area contributed by atoms with Gasteiger partial charge in [-0.25, -0.2) is 4.39 Å². The van der Waals surface area contributed by atoms with E-state index < -0.39 is 0 Å². The quantitative estimate of drug-likeness (QED) is 0.845. The third-order valence-electron chi connectivity index (χ3n) is 3.84. The number of likely N-dealkylation sites (tertiary alicyclic amines) is 1. The van der Waals surface area contributed by atoms with E-state index in [9.17, 15) is 4.39 Å². The standard InChI is InChI=1S/C16H24BrFN2/c1-12(2)9-19-10-14-6-4-8-20(14)11-13-5-3-7-15(18)16(13)17/h3,5,7,12,14,19H,4,6,8-11H2,1-2H3. The molecule has 112 valence electrons. The smallest absolute Gasteiger partial charge is 0.137 e. The third-order valence-corrected chi connectivity index (χ3v) is 4.72.